The number of aliphatic hydroxyl groups excluding tert-OH is 3. The smallest absolute Gasteiger partial charge is 0.311 e. The van der Waals surface area contributed by atoms with E-state index in [2.05, 4.69) is 0 Å². The maximum atomic E-state index is 14.2. The number of esters is 1. The van der Waals surface area contributed by atoms with Crippen LogP contribution in [0.15, 0.2) is 0 Å². The first-order chi connectivity index (χ1) is 23.9. The Bertz CT molecular complexity index is 1140. The Morgan fingerprint density at radius 3 is 2.12 bits per heavy atom. The zero-order valence-corrected chi connectivity index (χ0v) is 34.2. The van der Waals surface area contributed by atoms with Crippen LogP contribution in [0.25, 0.3) is 0 Å². The van der Waals surface area contributed by atoms with Gasteiger partial charge in [-0.15, -0.1) is 0 Å². The Balaban J connectivity index is 2.17. The van der Waals surface area contributed by atoms with Crippen molar-refractivity contribution in [3.8, 4) is 0 Å². The fraction of sp³-hybridized carbons (Fsp3) is 0.974. The number of hydrogen-bond donors (Lipinski definition) is 5. The molecule has 8 unspecified atom stereocenters. The van der Waals surface area contributed by atoms with Gasteiger partial charge in [0.05, 0.1) is 41.5 Å². The van der Waals surface area contributed by atoms with Crippen molar-refractivity contribution in [3.05, 3.63) is 0 Å². The van der Waals surface area contributed by atoms with E-state index < -0.39 is 96.0 Å². The summed E-state index contributed by atoms with van der Waals surface area (Å²) in [7, 11) is 7.12. The molecule has 0 aromatic heterocycles. The van der Waals surface area contributed by atoms with Crippen molar-refractivity contribution in [1.82, 2.24) is 9.80 Å². The lowest BCUT2D eigenvalue weighted by Gasteiger charge is -2.48. The minimum atomic E-state index is -1.80. The molecule has 306 valence electrons. The van der Waals surface area contributed by atoms with E-state index in [0.29, 0.717) is 13.0 Å². The van der Waals surface area contributed by atoms with Crippen LogP contribution in [0.3, 0.4) is 0 Å². The maximum Gasteiger partial charge on any atom is 0.311 e. The lowest BCUT2D eigenvalue weighted by atomic mass is 9.77. The molecule has 18 atom stereocenters. The molecule has 3 fully saturated rings. The van der Waals surface area contributed by atoms with Gasteiger partial charge in [0.25, 0.3) is 0 Å². The fourth-order valence-corrected chi connectivity index (χ4v) is 8.74. The van der Waals surface area contributed by atoms with Crippen LogP contribution in [0.1, 0.15) is 94.9 Å². The average Bonchev–Trinajstić information content (AvgIpc) is 3.05. The third kappa shape index (κ3) is 10.0. The van der Waals surface area contributed by atoms with Gasteiger partial charge in [0, 0.05) is 38.1 Å². The summed E-state index contributed by atoms with van der Waals surface area (Å²) in [5.74, 6) is -2.58. The van der Waals surface area contributed by atoms with Gasteiger partial charge in [-0.1, -0.05) is 20.8 Å². The Morgan fingerprint density at radius 2 is 1.56 bits per heavy atom. The van der Waals surface area contributed by atoms with Crippen molar-refractivity contribution in [2.24, 2.45) is 17.8 Å². The van der Waals surface area contributed by atoms with Crippen LogP contribution in [0.4, 0.5) is 0 Å². The zero-order valence-electron chi connectivity index (χ0n) is 34.2. The molecule has 3 saturated heterocycles. The van der Waals surface area contributed by atoms with Gasteiger partial charge in [-0.3, -0.25) is 4.79 Å². The molecule has 0 bridgehead atoms. The topological polar surface area (TPSA) is 180 Å². The molecule has 14 nitrogen and oxygen atoms in total. The van der Waals surface area contributed by atoms with E-state index in [1.165, 1.54) is 14.0 Å². The molecule has 52 heavy (non-hydrogen) atoms. The van der Waals surface area contributed by atoms with Crippen molar-refractivity contribution >= 4 is 5.97 Å². The van der Waals surface area contributed by atoms with E-state index in [1.54, 1.807) is 41.5 Å². The van der Waals surface area contributed by atoms with Crippen LogP contribution >= 0.6 is 0 Å². The third-order valence-corrected chi connectivity index (χ3v) is 12.2. The standard InChI is InChI=1S/C38H72N2O12/c1-15-27-38(10,46)31(42)24(6)40(13)19-20(2)17-36(8,45)33(52-35-29(41)26(39(11)12)16-21(3)48-35)22(4)30(23(5)34(44)50-27)51-28-18-37(9,47-14)32(43)25(7)49-28/h20-33,35,41-43,45-46H,15-19H2,1-14H3/t20-,21?,22-,23-,24-,25?,26?,27-,28?,29?,30+,31-,32?,33-,35?,36-,37?,38-/m1/s1. The second kappa shape index (κ2) is 17.8. The van der Waals surface area contributed by atoms with E-state index in [0.717, 1.165) is 0 Å². The lowest BCUT2D eigenvalue weighted by Crippen LogP contribution is -2.60. The quantitative estimate of drug-likeness (QED) is 0.238. The Kier molecular flexibility index (Phi) is 15.6. The van der Waals surface area contributed by atoms with Gasteiger partial charge in [0.1, 0.15) is 30.0 Å². The number of carbonyl (C=O) groups is 1. The number of nitrogens with zero attached hydrogens (tertiary/aromatic N) is 2. The number of aliphatic hydroxyl groups is 5. The summed E-state index contributed by atoms with van der Waals surface area (Å²) in [5, 5.41) is 58.1. The number of ether oxygens (including phenoxy) is 6. The van der Waals surface area contributed by atoms with Crippen molar-refractivity contribution in [1.29, 1.82) is 0 Å². The summed E-state index contributed by atoms with van der Waals surface area (Å²) >= 11 is 0. The average molecular weight is 749 g/mol. The van der Waals surface area contributed by atoms with E-state index in [1.807, 2.05) is 51.7 Å². The first kappa shape index (κ1) is 45.4. The van der Waals surface area contributed by atoms with Crippen LogP contribution in [0, 0.1) is 17.8 Å². The Hall–Kier alpha value is -1.01. The van der Waals surface area contributed by atoms with Crippen LogP contribution in [0.5, 0.6) is 0 Å². The zero-order chi connectivity index (χ0) is 39.7. The highest BCUT2D eigenvalue weighted by Gasteiger charge is 2.52. The molecular weight excluding hydrogens is 676 g/mol. The number of cyclic esters (lactones) is 1. The summed E-state index contributed by atoms with van der Waals surface area (Å²) in [6, 6.07) is -0.808. The van der Waals surface area contributed by atoms with Crippen LogP contribution in [-0.4, -0.2) is 166 Å². The van der Waals surface area contributed by atoms with E-state index in [9.17, 15) is 30.3 Å². The highest BCUT2D eigenvalue weighted by atomic mass is 16.7. The highest BCUT2D eigenvalue weighted by Crippen LogP contribution is 2.40. The molecule has 3 rings (SSSR count). The molecule has 0 radical (unpaired) electrons. The summed E-state index contributed by atoms with van der Waals surface area (Å²) in [5.41, 5.74) is -4.37. The second-order valence-corrected chi connectivity index (χ2v) is 17.2. The summed E-state index contributed by atoms with van der Waals surface area (Å²) in [6.07, 6.45) is -8.19. The van der Waals surface area contributed by atoms with E-state index in [4.69, 9.17) is 28.4 Å². The molecule has 3 aliphatic heterocycles. The summed E-state index contributed by atoms with van der Waals surface area (Å²) in [6.45, 7) is 18.0. The monoisotopic (exact) mass is 749 g/mol. The number of methoxy groups -OCH3 is 1. The number of likely N-dealkylation sites (N-methyl/N-ethyl adjacent to an activating group) is 2. The van der Waals surface area contributed by atoms with Crippen LogP contribution in [-0.2, 0) is 33.2 Å². The first-order valence-electron chi connectivity index (χ1n) is 19.1. The molecule has 3 aliphatic rings. The number of rotatable bonds is 7. The van der Waals surface area contributed by atoms with Crippen LogP contribution in [0.2, 0.25) is 0 Å². The van der Waals surface area contributed by atoms with E-state index >= 15 is 0 Å². The largest absolute Gasteiger partial charge is 0.459 e. The predicted molar refractivity (Wildman–Crippen MR) is 194 cm³/mol. The van der Waals surface area contributed by atoms with Crippen molar-refractivity contribution in [2.45, 2.75) is 185 Å². The molecule has 0 spiro atoms. The Morgan fingerprint density at radius 1 is 0.942 bits per heavy atom. The molecule has 0 amide bonds. The molecule has 3 heterocycles. The van der Waals surface area contributed by atoms with E-state index in [-0.39, 0.29) is 37.3 Å². The van der Waals surface area contributed by atoms with Crippen molar-refractivity contribution in [3.63, 3.8) is 0 Å². The molecular formula is C38H72N2O12. The minimum absolute atomic E-state index is 0.133. The Labute approximate surface area is 312 Å². The predicted octanol–water partition coefficient (Wildman–Crippen LogP) is 1.90. The molecule has 0 saturated carbocycles. The first-order valence-corrected chi connectivity index (χ1v) is 19.1. The normalized spacial score (nSPS) is 49.6. The van der Waals surface area contributed by atoms with Gasteiger partial charge in [0.2, 0.25) is 0 Å². The summed E-state index contributed by atoms with van der Waals surface area (Å²) in [4.78, 5) is 18.0. The third-order valence-electron chi connectivity index (χ3n) is 12.2. The van der Waals surface area contributed by atoms with Gasteiger partial charge in [-0.2, -0.15) is 0 Å². The summed E-state index contributed by atoms with van der Waals surface area (Å²) < 4.78 is 37.5. The van der Waals surface area contributed by atoms with Gasteiger partial charge in [-0.25, -0.2) is 0 Å². The molecule has 14 heteroatoms. The lowest BCUT2D eigenvalue weighted by molar-refractivity contribution is -0.318. The van der Waals surface area contributed by atoms with Gasteiger partial charge in [-0.05, 0) is 94.8 Å². The van der Waals surface area contributed by atoms with Gasteiger partial charge in [0.15, 0.2) is 12.6 Å². The van der Waals surface area contributed by atoms with Gasteiger partial charge < -0.3 is 63.8 Å². The SMILES string of the molecule is CC[C@H]1OC(=O)[C@H](C)[C@@H](OC2CC(C)(OC)C(O)C(C)O2)[C@@H](C)[C@@H](OC2OC(C)CC(N(C)C)C2O)[C@](C)(O)C[C@@H](C)CN(C)[C@H](C)[C@@H](O)[C@]1(C)O. The second-order valence-electron chi connectivity index (χ2n) is 17.2. The molecule has 0 aromatic rings. The van der Waals surface area contributed by atoms with Crippen LogP contribution < -0.4 is 0 Å². The number of carbonyl (C=O) groups excluding carboxylic acids is 1. The molecule has 5 N–H and O–H groups in total. The maximum absolute atomic E-state index is 14.2. The van der Waals surface area contributed by atoms with Crippen molar-refractivity contribution < 1.29 is 58.7 Å². The highest BCUT2D eigenvalue weighted by molar-refractivity contribution is 5.73. The van der Waals surface area contributed by atoms with Gasteiger partial charge >= 0.3 is 5.97 Å². The van der Waals surface area contributed by atoms with Crippen molar-refractivity contribution in [2.75, 3.05) is 34.8 Å². The molecule has 0 aromatic carbocycles. The number of hydrogen-bond acceptors (Lipinski definition) is 14. The fourth-order valence-electron chi connectivity index (χ4n) is 8.74. The minimum Gasteiger partial charge on any atom is -0.459 e. The molecule has 0 aliphatic carbocycles.